The van der Waals surface area contributed by atoms with Gasteiger partial charge in [-0.05, 0) is 36.1 Å². The monoisotopic (exact) mass is 327 g/mol. The maximum Gasteiger partial charge on any atom is 0.150 e. The number of benzene rings is 2. The number of hydrogen-bond acceptors (Lipinski definition) is 3. The molecule has 24 heavy (non-hydrogen) atoms. The number of carbonyl (C=O) groups is 1. The van der Waals surface area contributed by atoms with Crippen LogP contribution in [0.4, 0.5) is 4.39 Å². The van der Waals surface area contributed by atoms with Gasteiger partial charge in [0.15, 0.2) is 0 Å². The Labute approximate surface area is 142 Å². The summed E-state index contributed by atoms with van der Waals surface area (Å²) in [6.45, 7) is 1.05. The number of rotatable bonds is 5. The quantitative estimate of drug-likeness (QED) is 0.772. The van der Waals surface area contributed by atoms with E-state index in [0.29, 0.717) is 25.1 Å². The fraction of sp³-hybridized carbons (Fsp3) is 0.350. The molecule has 0 saturated carbocycles. The first kappa shape index (κ1) is 16.7. The van der Waals surface area contributed by atoms with Gasteiger partial charge < -0.3 is 4.74 Å². The van der Waals surface area contributed by atoms with E-state index in [2.05, 4.69) is 4.90 Å². The Hall–Kier alpha value is -2.20. The summed E-state index contributed by atoms with van der Waals surface area (Å²) >= 11 is 0. The van der Waals surface area contributed by atoms with Gasteiger partial charge in [-0.15, -0.1) is 0 Å². The van der Waals surface area contributed by atoms with Gasteiger partial charge in [0.1, 0.15) is 18.2 Å². The molecule has 0 radical (unpaired) electrons. The average Bonchev–Trinajstić information content (AvgIpc) is 2.62. The zero-order valence-corrected chi connectivity index (χ0v) is 13.8. The molecule has 1 fully saturated rings. The van der Waals surface area contributed by atoms with Crippen LogP contribution < -0.4 is 4.74 Å². The van der Waals surface area contributed by atoms with Crippen molar-refractivity contribution in [2.24, 2.45) is 0 Å². The molecule has 3 nitrogen and oxygen atoms in total. The molecule has 1 aliphatic heterocycles. The summed E-state index contributed by atoms with van der Waals surface area (Å²) in [4.78, 5) is 13.5. The van der Waals surface area contributed by atoms with Crippen LogP contribution in [0.3, 0.4) is 0 Å². The molecule has 0 aromatic heterocycles. The highest BCUT2D eigenvalue weighted by atomic mass is 19.1. The van der Waals surface area contributed by atoms with Gasteiger partial charge in [-0.1, -0.05) is 36.4 Å². The average molecular weight is 327 g/mol. The van der Waals surface area contributed by atoms with E-state index in [-0.39, 0.29) is 6.04 Å². The highest BCUT2D eigenvalue weighted by Crippen LogP contribution is 2.34. The van der Waals surface area contributed by atoms with Gasteiger partial charge in [0, 0.05) is 24.7 Å². The zero-order chi connectivity index (χ0) is 16.9. The largest absolute Gasteiger partial charge is 0.497 e. The summed E-state index contributed by atoms with van der Waals surface area (Å²) in [7, 11) is 1.64. The number of likely N-dealkylation sites (tertiary alicyclic amines) is 1. The molecule has 2 atom stereocenters. The van der Waals surface area contributed by atoms with Crippen LogP contribution in [-0.2, 0) is 6.54 Å². The minimum absolute atomic E-state index is 0.0699. The Balaban J connectivity index is 1.85. The minimum Gasteiger partial charge on any atom is -0.497 e. The van der Waals surface area contributed by atoms with Crippen LogP contribution in [0, 0.1) is 0 Å². The van der Waals surface area contributed by atoms with Crippen LogP contribution in [0.2, 0.25) is 0 Å². The fourth-order valence-electron chi connectivity index (χ4n) is 3.41. The van der Waals surface area contributed by atoms with Crippen molar-refractivity contribution in [3.05, 3.63) is 65.2 Å². The number of aldehydes is 1. The predicted octanol–water partition coefficient (Wildman–Crippen LogP) is 4.18. The van der Waals surface area contributed by atoms with Gasteiger partial charge in [-0.3, -0.25) is 9.69 Å². The van der Waals surface area contributed by atoms with Gasteiger partial charge in [-0.25, -0.2) is 4.39 Å². The number of nitrogens with zero attached hydrogens (tertiary/aromatic N) is 1. The van der Waals surface area contributed by atoms with Crippen LogP contribution in [-0.4, -0.2) is 31.0 Å². The highest BCUT2D eigenvalue weighted by Gasteiger charge is 2.30. The Morgan fingerprint density at radius 1 is 1.17 bits per heavy atom. The van der Waals surface area contributed by atoms with E-state index in [0.717, 1.165) is 29.6 Å². The smallest absolute Gasteiger partial charge is 0.150 e. The van der Waals surface area contributed by atoms with Gasteiger partial charge in [-0.2, -0.15) is 0 Å². The van der Waals surface area contributed by atoms with Crippen molar-refractivity contribution in [1.29, 1.82) is 0 Å². The molecule has 1 aliphatic rings. The van der Waals surface area contributed by atoms with E-state index < -0.39 is 6.17 Å². The molecule has 0 N–H and O–H groups in total. The van der Waals surface area contributed by atoms with Crippen molar-refractivity contribution in [3.8, 4) is 5.75 Å². The van der Waals surface area contributed by atoms with Crippen molar-refractivity contribution in [2.75, 3.05) is 13.7 Å². The second-order valence-electron chi connectivity index (χ2n) is 6.21. The molecule has 2 unspecified atom stereocenters. The number of piperidine rings is 1. The van der Waals surface area contributed by atoms with Gasteiger partial charge in [0.05, 0.1) is 7.11 Å². The highest BCUT2D eigenvalue weighted by molar-refractivity contribution is 5.77. The Morgan fingerprint density at radius 2 is 1.92 bits per heavy atom. The van der Waals surface area contributed by atoms with Gasteiger partial charge in [0.2, 0.25) is 0 Å². The molecule has 2 aromatic rings. The lowest BCUT2D eigenvalue weighted by Gasteiger charge is -2.38. The van der Waals surface area contributed by atoms with Crippen molar-refractivity contribution < 1.29 is 13.9 Å². The lowest BCUT2D eigenvalue weighted by atomic mass is 9.91. The molecule has 2 aromatic carbocycles. The van der Waals surface area contributed by atoms with Gasteiger partial charge in [0.25, 0.3) is 0 Å². The molecular weight excluding hydrogens is 305 g/mol. The maximum atomic E-state index is 14.0. The minimum atomic E-state index is -0.817. The lowest BCUT2D eigenvalue weighted by Crippen LogP contribution is -2.39. The van der Waals surface area contributed by atoms with Crippen molar-refractivity contribution in [3.63, 3.8) is 0 Å². The summed E-state index contributed by atoms with van der Waals surface area (Å²) in [5.41, 5.74) is 2.80. The van der Waals surface area contributed by atoms with E-state index in [4.69, 9.17) is 4.74 Å². The van der Waals surface area contributed by atoms with Crippen LogP contribution in [0.25, 0.3) is 0 Å². The summed E-state index contributed by atoms with van der Waals surface area (Å²) in [5.74, 6) is 0.809. The van der Waals surface area contributed by atoms with Gasteiger partial charge >= 0.3 is 0 Å². The fourth-order valence-corrected chi connectivity index (χ4v) is 3.41. The maximum absolute atomic E-state index is 14.0. The van der Waals surface area contributed by atoms with Crippen molar-refractivity contribution >= 4 is 6.29 Å². The summed E-state index contributed by atoms with van der Waals surface area (Å²) in [6, 6.07) is 15.5. The number of alkyl halides is 1. The second-order valence-corrected chi connectivity index (χ2v) is 6.21. The first-order valence-corrected chi connectivity index (χ1v) is 8.26. The molecule has 0 bridgehead atoms. The topological polar surface area (TPSA) is 29.5 Å². The number of hydrogen-bond donors (Lipinski definition) is 0. The summed E-state index contributed by atoms with van der Waals surface area (Å²) in [5, 5.41) is 0. The molecule has 0 aliphatic carbocycles. The van der Waals surface area contributed by atoms with E-state index in [9.17, 15) is 9.18 Å². The van der Waals surface area contributed by atoms with Crippen molar-refractivity contribution in [1.82, 2.24) is 4.90 Å². The number of halogens is 1. The second kappa shape index (κ2) is 7.58. The predicted molar refractivity (Wildman–Crippen MR) is 92.1 cm³/mol. The summed E-state index contributed by atoms with van der Waals surface area (Å²) < 4.78 is 19.2. The SMILES string of the molecule is COc1ccc(CN2CC(F)CCC2c2ccccc2C=O)cc1. The number of carbonyl (C=O) groups excluding carboxylic acids is 1. The normalized spacial score (nSPS) is 21.4. The first-order chi connectivity index (χ1) is 11.7. The molecule has 0 spiro atoms. The van der Waals surface area contributed by atoms with Crippen molar-refractivity contribution in [2.45, 2.75) is 31.6 Å². The molecule has 1 saturated heterocycles. The third kappa shape index (κ3) is 3.65. The molecule has 4 heteroatoms. The third-order valence-electron chi connectivity index (χ3n) is 4.65. The van der Waals surface area contributed by atoms with E-state index in [1.807, 2.05) is 48.5 Å². The van der Waals surface area contributed by atoms with Crippen LogP contribution in [0.15, 0.2) is 48.5 Å². The third-order valence-corrected chi connectivity index (χ3v) is 4.65. The van der Waals surface area contributed by atoms with E-state index in [1.165, 1.54) is 0 Å². The van der Waals surface area contributed by atoms with Crippen LogP contribution in [0.1, 0.15) is 40.4 Å². The summed E-state index contributed by atoms with van der Waals surface area (Å²) in [6.07, 6.45) is 1.34. The Bertz CT molecular complexity index is 686. The Morgan fingerprint density at radius 3 is 2.62 bits per heavy atom. The van der Waals surface area contributed by atoms with Crippen LogP contribution in [0.5, 0.6) is 5.75 Å². The molecule has 126 valence electrons. The number of ether oxygens (including phenoxy) is 1. The van der Waals surface area contributed by atoms with E-state index in [1.54, 1.807) is 7.11 Å². The first-order valence-electron chi connectivity index (χ1n) is 8.26. The molecular formula is C20H22FNO2. The lowest BCUT2D eigenvalue weighted by molar-refractivity contribution is 0.0769. The van der Waals surface area contributed by atoms with Crippen LogP contribution >= 0.6 is 0 Å². The zero-order valence-electron chi connectivity index (χ0n) is 13.8. The standard InChI is InChI=1S/C20H22FNO2/c1-24-18-9-6-15(7-10-18)12-22-13-17(21)8-11-20(22)19-5-3-2-4-16(19)14-23/h2-7,9-10,14,17,20H,8,11-13H2,1H3. The number of methoxy groups -OCH3 is 1. The van der Waals surface area contributed by atoms with E-state index >= 15 is 0 Å². The Kier molecular flexibility index (Phi) is 5.26. The molecule has 1 heterocycles. The molecule has 3 rings (SSSR count). The molecule has 0 amide bonds.